The number of amides is 1. The maximum atomic E-state index is 12.3. The van der Waals surface area contributed by atoms with Gasteiger partial charge < -0.3 is 14.5 Å². The van der Waals surface area contributed by atoms with Gasteiger partial charge in [-0.05, 0) is 82.9 Å². The highest BCUT2D eigenvalue weighted by Crippen LogP contribution is 2.32. The van der Waals surface area contributed by atoms with E-state index in [2.05, 4.69) is 5.16 Å². The Kier molecular flexibility index (Phi) is 7.85. The number of carbonyl (C=O) groups is 1. The fraction of sp³-hybridized carbons (Fsp3) is 0.667. The smallest absolute Gasteiger partial charge is 0.410 e. The fourth-order valence-electron chi connectivity index (χ4n) is 4.19. The summed E-state index contributed by atoms with van der Waals surface area (Å²) in [5.74, 6) is 0.419. The molecule has 1 heterocycles. The minimum atomic E-state index is -3.16. The van der Waals surface area contributed by atoms with Gasteiger partial charge in [0.25, 0.3) is 0 Å². The van der Waals surface area contributed by atoms with Crippen LogP contribution in [0.3, 0.4) is 0 Å². The minimum Gasteiger partial charge on any atom is -0.444 e. The zero-order valence-corrected chi connectivity index (χ0v) is 20.5. The van der Waals surface area contributed by atoms with Gasteiger partial charge in [-0.3, -0.25) is 0 Å². The molecule has 2 aliphatic rings. The minimum absolute atomic E-state index is 0.0243. The number of sulfone groups is 1. The molecular weight excluding hydrogens is 428 g/mol. The molecule has 1 saturated carbocycles. The third-order valence-corrected chi connectivity index (χ3v) is 7.13. The predicted molar refractivity (Wildman–Crippen MR) is 125 cm³/mol. The van der Waals surface area contributed by atoms with Crippen molar-refractivity contribution in [1.82, 2.24) is 4.90 Å². The summed E-state index contributed by atoms with van der Waals surface area (Å²) in [7, 11) is -3.16. The maximum Gasteiger partial charge on any atom is 0.410 e. The summed E-state index contributed by atoms with van der Waals surface area (Å²) in [4.78, 5) is 20.3. The molecule has 1 amide bonds. The summed E-state index contributed by atoms with van der Waals surface area (Å²) < 4.78 is 28.8. The monoisotopic (exact) mass is 464 g/mol. The Balaban J connectivity index is 1.46. The molecular formula is C24H36N2O5S. The highest BCUT2D eigenvalue weighted by atomic mass is 32.2. The molecule has 1 aliphatic carbocycles. The average Bonchev–Trinajstić information content (AvgIpc) is 2.97. The van der Waals surface area contributed by atoms with E-state index in [1.54, 1.807) is 17.0 Å². The summed E-state index contributed by atoms with van der Waals surface area (Å²) in [5, 5.41) is 4.46. The van der Waals surface area contributed by atoms with Gasteiger partial charge in [0.1, 0.15) is 11.7 Å². The van der Waals surface area contributed by atoms with Crippen molar-refractivity contribution in [2.45, 2.75) is 88.2 Å². The summed E-state index contributed by atoms with van der Waals surface area (Å²) in [5.41, 5.74) is 1.78. The van der Waals surface area contributed by atoms with Gasteiger partial charge >= 0.3 is 6.09 Å². The van der Waals surface area contributed by atoms with Gasteiger partial charge in [-0.25, -0.2) is 13.2 Å². The first-order chi connectivity index (χ1) is 15.0. The largest absolute Gasteiger partial charge is 0.444 e. The van der Waals surface area contributed by atoms with Crippen molar-refractivity contribution in [1.29, 1.82) is 0 Å². The van der Waals surface area contributed by atoms with Gasteiger partial charge in [0.05, 0.1) is 10.6 Å². The summed E-state index contributed by atoms with van der Waals surface area (Å²) in [6.07, 6.45) is 7.24. The van der Waals surface area contributed by atoms with Crippen molar-refractivity contribution in [3.05, 3.63) is 29.8 Å². The number of oxime groups is 1. The number of likely N-dealkylation sites (tertiary alicyclic amines) is 1. The molecule has 1 aromatic rings. The zero-order chi connectivity index (χ0) is 23.4. The number of carbonyl (C=O) groups excluding carboxylic acids is 1. The van der Waals surface area contributed by atoms with Crippen LogP contribution in [0.4, 0.5) is 4.79 Å². The summed E-state index contributed by atoms with van der Waals surface area (Å²) in [6.45, 7) is 6.94. The van der Waals surface area contributed by atoms with Crippen LogP contribution in [-0.2, 0) is 19.4 Å². The maximum absolute atomic E-state index is 12.3. The Hall–Kier alpha value is -2.09. The molecule has 178 valence electrons. The molecule has 7 nitrogen and oxygen atoms in total. The van der Waals surface area contributed by atoms with E-state index >= 15 is 0 Å². The van der Waals surface area contributed by atoms with Crippen molar-refractivity contribution >= 4 is 21.6 Å². The second-order valence-corrected chi connectivity index (χ2v) is 11.9. The quantitative estimate of drug-likeness (QED) is 0.591. The highest BCUT2D eigenvalue weighted by molar-refractivity contribution is 7.90. The van der Waals surface area contributed by atoms with Gasteiger partial charge in [0.15, 0.2) is 9.84 Å². The van der Waals surface area contributed by atoms with Crippen LogP contribution in [0, 0.1) is 0 Å². The molecule has 1 aliphatic heterocycles. The molecule has 0 spiro atoms. The van der Waals surface area contributed by atoms with Gasteiger partial charge in [-0.2, -0.15) is 0 Å². The van der Waals surface area contributed by atoms with E-state index in [0.29, 0.717) is 23.9 Å². The van der Waals surface area contributed by atoms with Crippen LogP contribution in [0.1, 0.15) is 77.2 Å². The van der Waals surface area contributed by atoms with E-state index < -0.39 is 15.4 Å². The first-order valence-electron chi connectivity index (χ1n) is 11.5. The number of nitrogens with zero attached hydrogens (tertiary/aromatic N) is 2. The van der Waals surface area contributed by atoms with Gasteiger partial charge in [0, 0.05) is 25.8 Å². The van der Waals surface area contributed by atoms with Crippen LogP contribution >= 0.6 is 0 Å². The molecule has 2 fully saturated rings. The number of benzene rings is 1. The van der Waals surface area contributed by atoms with Crippen molar-refractivity contribution in [2.75, 3.05) is 19.3 Å². The lowest BCUT2D eigenvalue weighted by Crippen LogP contribution is -2.37. The third kappa shape index (κ3) is 7.22. The van der Waals surface area contributed by atoms with Crippen molar-refractivity contribution in [3.63, 3.8) is 0 Å². The molecule has 1 unspecified atom stereocenters. The second-order valence-electron chi connectivity index (χ2n) is 9.90. The van der Waals surface area contributed by atoms with Crippen LogP contribution in [0.15, 0.2) is 34.3 Å². The number of rotatable bonds is 4. The SMILES string of the molecule is CC(C)(C)OC(=O)N1CCCC(ON=C2CCC(c3ccc(S(C)(=O)=O)cc3)CC2)CC1. The van der Waals surface area contributed by atoms with Crippen LogP contribution in [0.2, 0.25) is 0 Å². The van der Waals surface area contributed by atoms with E-state index in [1.807, 2.05) is 32.9 Å². The third-order valence-electron chi connectivity index (χ3n) is 6.00. The number of hydrogen-bond acceptors (Lipinski definition) is 6. The molecule has 1 aromatic carbocycles. The molecule has 0 bridgehead atoms. The lowest BCUT2D eigenvalue weighted by atomic mass is 9.83. The van der Waals surface area contributed by atoms with E-state index in [0.717, 1.165) is 50.7 Å². The van der Waals surface area contributed by atoms with Crippen LogP contribution < -0.4 is 0 Å². The number of ether oxygens (including phenoxy) is 1. The van der Waals surface area contributed by atoms with E-state index in [4.69, 9.17) is 9.57 Å². The Morgan fingerprint density at radius 3 is 2.28 bits per heavy atom. The van der Waals surface area contributed by atoms with E-state index in [-0.39, 0.29) is 12.2 Å². The average molecular weight is 465 g/mol. The zero-order valence-electron chi connectivity index (χ0n) is 19.7. The molecule has 3 rings (SSSR count). The molecule has 0 N–H and O–H groups in total. The second kappa shape index (κ2) is 10.2. The van der Waals surface area contributed by atoms with Gasteiger partial charge in [-0.1, -0.05) is 17.3 Å². The fourth-order valence-corrected chi connectivity index (χ4v) is 4.82. The lowest BCUT2D eigenvalue weighted by molar-refractivity contribution is 0.0224. The Morgan fingerprint density at radius 1 is 1.03 bits per heavy atom. The number of hydrogen-bond donors (Lipinski definition) is 0. The normalized spacial score (nSPS) is 22.8. The molecule has 8 heteroatoms. The Bertz CT molecular complexity index is 909. The van der Waals surface area contributed by atoms with Crippen molar-refractivity contribution in [2.24, 2.45) is 5.16 Å². The predicted octanol–water partition coefficient (Wildman–Crippen LogP) is 4.91. The lowest BCUT2D eigenvalue weighted by Gasteiger charge is -2.26. The van der Waals surface area contributed by atoms with E-state index in [1.165, 1.54) is 11.8 Å². The summed E-state index contributed by atoms with van der Waals surface area (Å²) >= 11 is 0. The van der Waals surface area contributed by atoms with Crippen LogP contribution in [-0.4, -0.2) is 56.2 Å². The van der Waals surface area contributed by atoms with Crippen molar-refractivity contribution < 1.29 is 22.8 Å². The molecule has 0 aromatic heterocycles. The summed E-state index contributed by atoms with van der Waals surface area (Å²) in [6, 6.07) is 7.26. The Labute approximate surface area is 192 Å². The molecule has 1 saturated heterocycles. The first kappa shape index (κ1) is 24.6. The van der Waals surface area contributed by atoms with Gasteiger partial charge in [0.2, 0.25) is 0 Å². The Morgan fingerprint density at radius 2 is 1.69 bits per heavy atom. The topological polar surface area (TPSA) is 85.3 Å². The molecule has 0 radical (unpaired) electrons. The van der Waals surface area contributed by atoms with Crippen molar-refractivity contribution in [3.8, 4) is 0 Å². The molecule has 32 heavy (non-hydrogen) atoms. The molecule has 1 atom stereocenters. The standard InChI is InChI=1S/C24H36N2O5S/c1-24(2,3)30-23(27)26-16-5-6-21(15-17-26)31-25-20-11-7-18(8-12-20)19-9-13-22(14-10-19)32(4,28)29/h9-10,13-14,18,21H,5-8,11-12,15-17H2,1-4H3. The van der Waals surface area contributed by atoms with Gasteiger partial charge in [-0.15, -0.1) is 0 Å². The van der Waals surface area contributed by atoms with Crippen LogP contribution in [0.25, 0.3) is 0 Å². The first-order valence-corrected chi connectivity index (χ1v) is 13.4. The van der Waals surface area contributed by atoms with E-state index in [9.17, 15) is 13.2 Å². The van der Waals surface area contributed by atoms with Crippen LogP contribution in [0.5, 0.6) is 0 Å². The highest BCUT2D eigenvalue weighted by Gasteiger charge is 2.26.